The maximum absolute atomic E-state index is 3.62. The molecule has 1 saturated heterocycles. The molecule has 1 aromatic rings. The van der Waals surface area contributed by atoms with Crippen LogP contribution in [0.4, 0.5) is 0 Å². The van der Waals surface area contributed by atoms with Gasteiger partial charge in [0.2, 0.25) is 0 Å². The summed E-state index contributed by atoms with van der Waals surface area (Å²) in [5.74, 6) is 0. The van der Waals surface area contributed by atoms with E-state index < -0.39 is 0 Å². The van der Waals surface area contributed by atoms with Crippen LogP contribution in [0.3, 0.4) is 0 Å². The van der Waals surface area contributed by atoms with Crippen molar-refractivity contribution >= 4 is 0 Å². The minimum atomic E-state index is 0.446. The van der Waals surface area contributed by atoms with E-state index in [2.05, 4.69) is 66.3 Å². The Balaban J connectivity index is 1.97. The van der Waals surface area contributed by atoms with Gasteiger partial charge in [-0.05, 0) is 26.1 Å². The number of rotatable bonds is 5. The third-order valence-corrected chi connectivity index (χ3v) is 4.14. The quantitative estimate of drug-likeness (QED) is 0.874. The summed E-state index contributed by atoms with van der Waals surface area (Å²) in [7, 11) is 2.22. The molecular weight excluding hydrogens is 234 g/mol. The van der Waals surface area contributed by atoms with Crippen LogP contribution in [0, 0.1) is 0 Å². The van der Waals surface area contributed by atoms with Gasteiger partial charge in [-0.1, -0.05) is 37.3 Å². The molecule has 1 N–H and O–H groups in total. The van der Waals surface area contributed by atoms with Gasteiger partial charge in [0.1, 0.15) is 0 Å². The molecule has 0 radical (unpaired) electrons. The Morgan fingerprint density at radius 1 is 1.26 bits per heavy atom. The fourth-order valence-corrected chi connectivity index (χ4v) is 2.77. The highest BCUT2D eigenvalue weighted by Gasteiger charge is 2.23. The minimum absolute atomic E-state index is 0.446. The highest BCUT2D eigenvalue weighted by molar-refractivity contribution is 5.19. The van der Waals surface area contributed by atoms with Crippen LogP contribution in [0.15, 0.2) is 30.3 Å². The number of piperazine rings is 1. The summed E-state index contributed by atoms with van der Waals surface area (Å²) in [6, 6.07) is 11.9. The first-order valence-electron chi connectivity index (χ1n) is 7.41. The molecule has 0 saturated carbocycles. The van der Waals surface area contributed by atoms with Crippen molar-refractivity contribution in [1.82, 2.24) is 15.1 Å². The third-order valence-electron chi connectivity index (χ3n) is 4.14. The van der Waals surface area contributed by atoms with Crippen molar-refractivity contribution in [3.63, 3.8) is 0 Å². The molecule has 1 fully saturated rings. The van der Waals surface area contributed by atoms with E-state index in [-0.39, 0.29) is 0 Å². The van der Waals surface area contributed by atoms with Crippen LogP contribution in [-0.4, -0.2) is 55.6 Å². The third kappa shape index (κ3) is 4.03. The lowest BCUT2D eigenvalue weighted by atomic mass is 10.1. The van der Waals surface area contributed by atoms with Crippen molar-refractivity contribution < 1.29 is 0 Å². The molecule has 2 rings (SSSR count). The van der Waals surface area contributed by atoms with Crippen molar-refractivity contribution in [2.24, 2.45) is 0 Å². The lowest BCUT2D eigenvalue weighted by Gasteiger charge is -2.39. The second kappa shape index (κ2) is 7.04. The molecule has 0 spiro atoms. The first-order chi connectivity index (χ1) is 9.20. The number of nitrogens with zero attached hydrogens (tertiary/aromatic N) is 2. The lowest BCUT2D eigenvalue weighted by molar-refractivity contribution is 0.0971. The van der Waals surface area contributed by atoms with Crippen molar-refractivity contribution in [3.8, 4) is 0 Å². The monoisotopic (exact) mass is 261 g/mol. The van der Waals surface area contributed by atoms with Gasteiger partial charge in [0.25, 0.3) is 0 Å². The lowest BCUT2D eigenvalue weighted by Crippen LogP contribution is -2.51. The predicted octanol–water partition coefficient (Wildman–Crippen LogP) is 1.97. The molecule has 1 heterocycles. The van der Waals surface area contributed by atoms with Crippen LogP contribution in [0.2, 0.25) is 0 Å². The van der Waals surface area contributed by atoms with E-state index in [4.69, 9.17) is 0 Å². The van der Waals surface area contributed by atoms with Crippen LogP contribution in [-0.2, 0) is 0 Å². The molecule has 0 bridgehead atoms. The maximum Gasteiger partial charge on any atom is 0.0449 e. The summed E-state index contributed by atoms with van der Waals surface area (Å²) < 4.78 is 0. The van der Waals surface area contributed by atoms with Gasteiger partial charge in [-0.3, -0.25) is 4.90 Å². The van der Waals surface area contributed by atoms with Crippen molar-refractivity contribution in [2.75, 3.05) is 39.8 Å². The van der Waals surface area contributed by atoms with Gasteiger partial charge in [0.15, 0.2) is 0 Å². The summed E-state index contributed by atoms with van der Waals surface area (Å²) in [5, 5.41) is 3.62. The van der Waals surface area contributed by atoms with Crippen molar-refractivity contribution in [2.45, 2.75) is 25.9 Å². The van der Waals surface area contributed by atoms with E-state index >= 15 is 0 Å². The molecule has 3 heteroatoms. The summed E-state index contributed by atoms with van der Waals surface area (Å²) >= 11 is 0. The molecule has 0 aromatic heterocycles. The van der Waals surface area contributed by atoms with E-state index in [1.807, 2.05) is 0 Å². The Morgan fingerprint density at radius 3 is 2.63 bits per heavy atom. The molecule has 2 atom stereocenters. The van der Waals surface area contributed by atoms with Gasteiger partial charge in [-0.25, -0.2) is 0 Å². The van der Waals surface area contributed by atoms with Crippen LogP contribution < -0.4 is 5.32 Å². The predicted molar refractivity (Wildman–Crippen MR) is 81.4 cm³/mol. The minimum Gasteiger partial charge on any atom is -0.309 e. The second-order valence-electron chi connectivity index (χ2n) is 5.61. The van der Waals surface area contributed by atoms with Gasteiger partial charge in [0.05, 0.1) is 0 Å². The zero-order valence-corrected chi connectivity index (χ0v) is 12.5. The Kier molecular flexibility index (Phi) is 5.37. The van der Waals surface area contributed by atoms with E-state index in [9.17, 15) is 0 Å². The summed E-state index contributed by atoms with van der Waals surface area (Å²) in [4.78, 5) is 5.03. The molecule has 1 aliphatic rings. The second-order valence-corrected chi connectivity index (χ2v) is 5.61. The van der Waals surface area contributed by atoms with Gasteiger partial charge >= 0.3 is 0 Å². The Labute approximate surface area is 117 Å². The van der Waals surface area contributed by atoms with Crippen LogP contribution in [0.25, 0.3) is 0 Å². The first kappa shape index (κ1) is 14.5. The van der Waals surface area contributed by atoms with Crippen LogP contribution in [0.1, 0.15) is 25.5 Å². The Bertz CT molecular complexity index is 366. The SMILES string of the molecule is CCNC(CN1CCN(C)C(C)C1)c1ccccc1. The summed E-state index contributed by atoms with van der Waals surface area (Å²) in [6.07, 6.45) is 0. The largest absolute Gasteiger partial charge is 0.309 e. The van der Waals surface area contributed by atoms with E-state index in [0.717, 1.165) is 13.1 Å². The van der Waals surface area contributed by atoms with Gasteiger partial charge < -0.3 is 10.2 Å². The number of benzene rings is 1. The molecule has 0 aliphatic carbocycles. The molecule has 2 unspecified atom stereocenters. The normalized spacial score (nSPS) is 23.4. The highest BCUT2D eigenvalue weighted by Crippen LogP contribution is 2.16. The van der Waals surface area contributed by atoms with E-state index in [1.54, 1.807) is 0 Å². The average molecular weight is 261 g/mol. The number of hydrogen-bond acceptors (Lipinski definition) is 3. The zero-order valence-electron chi connectivity index (χ0n) is 12.5. The van der Waals surface area contributed by atoms with E-state index in [0.29, 0.717) is 12.1 Å². The molecular formula is C16H27N3. The fraction of sp³-hybridized carbons (Fsp3) is 0.625. The van der Waals surface area contributed by atoms with Crippen molar-refractivity contribution in [3.05, 3.63) is 35.9 Å². The maximum atomic E-state index is 3.62. The van der Waals surface area contributed by atoms with E-state index in [1.165, 1.54) is 25.2 Å². The average Bonchev–Trinajstić information content (AvgIpc) is 2.43. The molecule has 1 aromatic carbocycles. The standard InChI is InChI=1S/C16H27N3/c1-4-17-16(15-8-6-5-7-9-15)13-19-11-10-18(3)14(2)12-19/h5-9,14,16-17H,4,10-13H2,1-3H3. The zero-order chi connectivity index (χ0) is 13.7. The molecule has 19 heavy (non-hydrogen) atoms. The summed E-state index contributed by atoms with van der Waals surface area (Å²) in [5.41, 5.74) is 1.40. The van der Waals surface area contributed by atoms with Gasteiger partial charge in [-0.15, -0.1) is 0 Å². The van der Waals surface area contributed by atoms with Crippen LogP contribution >= 0.6 is 0 Å². The Morgan fingerprint density at radius 2 is 2.00 bits per heavy atom. The topological polar surface area (TPSA) is 18.5 Å². The first-order valence-corrected chi connectivity index (χ1v) is 7.41. The molecule has 3 nitrogen and oxygen atoms in total. The van der Waals surface area contributed by atoms with Crippen LogP contribution in [0.5, 0.6) is 0 Å². The molecule has 1 aliphatic heterocycles. The number of likely N-dealkylation sites (N-methyl/N-ethyl adjacent to an activating group) is 2. The van der Waals surface area contributed by atoms with Gasteiger partial charge in [-0.2, -0.15) is 0 Å². The van der Waals surface area contributed by atoms with Gasteiger partial charge in [0, 0.05) is 38.3 Å². The smallest absolute Gasteiger partial charge is 0.0449 e. The number of nitrogens with one attached hydrogen (secondary N) is 1. The molecule has 0 amide bonds. The van der Waals surface area contributed by atoms with Crippen molar-refractivity contribution in [1.29, 1.82) is 0 Å². The summed E-state index contributed by atoms with van der Waals surface area (Å²) in [6.45, 7) is 10.1. The highest BCUT2D eigenvalue weighted by atomic mass is 15.3. The molecule has 106 valence electrons. The fourth-order valence-electron chi connectivity index (χ4n) is 2.77. The Hall–Kier alpha value is -0.900. The number of hydrogen-bond donors (Lipinski definition) is 1.